The summed E-state index contributed by atoms with van der Waals surface area (Å²) in [6, 6.07) is 3.30. The lowest BCUT2D eigenvalue weighted by molar-refractivity contribution is -0.123. The van der Waals surface area contributed by atoms with E-state index in [1.807, 2.05) is 5.43 Å². The first kappa shape index (κ1) is 15.5. The minimum atomic E-state index is -3.91. The Morgan fingerprint density at radius 2 is 1.79 bits per heavy atom. The summed E-state index contributed by atoms with van der Waals surface area (Å²) in [4.78, 5) is 11.4. The molecule has 6 nitrogen and oxygen atoms in total. The van der Waals surface area contributed by atoms with E-state index in [0.717, 1.165) is 24.3 Å². The van der Waals surface area contributed by atoms with Gasteiger partial charge in [0, 0.05) is 0 Å². The molecule has 0 radical (unpaired) electrons. The van der Waals surface area contributed by atoms with Gasteiger partial charge in [0.1, 0.15) is 11.9 Å². The molecule has 1 unspecified atom stereocenters. The maximum absolute atomic E-state index is 12.8. The van der Waals surface area contributed by atoms with Crippen molar-refractivity contribution in [2.24, 2.45) is 11.8 Å². The highest BCUT2D eigenvalue weighted by Crippen LogP contribution is 2.12. The monoisotopic (exact) mass is 289 g/mol. The van der Waals surface area contributed by atoms with Crippen LogP contribution in [0.4, 0.5) is 4.39 Å². The van der Waals surface area contributed by atoms with E-state index < -0.39 is 27.8 Å². The van der Waals surface area contributed by atoms with Gasteiger partial charge in [-0.05, 0) is 30.2 Å². The van der Waals surface area contributed by atoms with Gasteiger partial charge in [0.05, 0.1) is 4.90 Å². The predicted octanol–water partition coefficient (Wildman–Crippen LogP) is 0.119. The number of benzene rings is 1. The van der Waals surface area contributed by atoms with Crippen molar-refractivity contribution < 1.29 is 17.6 Å². The Hall–Kier alpha value is -1.51. The highest BCUT2D eigenvalue weighted by Gasteiger charge is 2.27. The number of nitrogens with one attached hydrogen (secondary N) is 2. The quantitative estimate of drug-likeness (QED) is 0.407. The van der Waals surface area contributed by atoms with E-state index in [9.17, 15) is 17.6 Å². The minimum Gasteiger partial charge on any atom is -0.293 e. The zero-order valence-electron chi connectivity index (χ0n) is 10.6. The van der Waals surface area contributed by atoms with Gasteiger partial charge in [-0.15, -0.1) is 0 Å². The third kappa shape index (κ3) is 3.98. The normalized spacial score (nSPS) is 13.3. The van der Waals surface area contributed by atoms with Crippen molar-refractivity contribution in [3.05, 3.63) is 30.1 Å². The summed E-state index contributed by atoms with van der Waals surface area (Å²) in [7, 11) is -3.91. The van der Waals surface area contributed by atoms with Crippen LogP contribution < -0.4 is 16.0 Å². The van der Waals surface area contributed by atoms with E-state index in [1.165, 1.54) is 0 Å². The van der Waals surface area contributed by atoms with Crippen LogP contribution in [0.5, 0.6) is 0 Å². The molecule has 0 spiro atoms. The first-order valence-corrected chi connectivity index (χ1v) is 7.04. The SMILES string of the molecule is CC(C)C(NS(=O)(=O)c1ccc(F)cc1)C(=O)NN. The second-order valence-corrected chi connectivity index (χ2v) is 6.02. The Balaban J connectivity index is 3.00. The van der Waals surface area contributed by atoms with Crippen LogP contribution in [-0.2, 0) is 14.8 Å². The van der Waals surface area contributed by atoms with Crippen molar-refractivity contribution in [2.45, 2.75) is 24.8 Å². The van der Waals surface area contributed by atoms with E-state index in [1.54, 1.807) is 13.8 Å². The number of hydrogen-bond acceptors (Lipinski definition) is 4. The Morgan fingerprint density at radius 3 is 2.21 bits per heavy atom. The van der Waals surface area contributed by atoms with Crippen molar-refractivity contribution in [3.63, 3.8) is 0 Å². The molecule has 0 aromatic heterocycles. The van der Waals surface area contributed by atoms with Gasteiger partial charge in [-0.2, -0.15) is 4.72 Å². The molecule has 4 N–H and O–H groups in total. The molecule has 0 bridgehead atoms. The number of halogens is 1. The Kier molecular flexibility index (Phi) is 4.98. The van der Waals surface area contributed by atoms with Crippen LogP contribution in [0.3, 0.4) is 0 Å². The molecule has 19 heavy (non-hydrogen) atoms. The maximum atomic E-state index is 12.8. The summed E-state index contributed by atoms with van der Waals surface area (Å²) < 4.78 is 39.0. The van der Waals surface area contributed by atoms with Gasteiger partial charge in [-0.1, -0.05) is 13.8 Å². The van der Waals surface area contributed by atoms with Gasteiger partial charge in [-0.3, -0.25) is 10.2 Å². The summed E-state index contributed by atoms with van der Waals surface area (Å²) in [6.07, 6.45) is 0. The lowest BCUT2D eigenvalue weighted by atomic mass is 10.1. The number of amides is 1. The van der Waals surface area contributed by atoms with Crippen molar-refractivity contribution in [1.82, 2.24) is 10.1 Å². The third-order valence-electron chi connectivity index (χ3n) is 2.50. The average Bonchev–Trinajstić information content (AvgIpc) is 2.35. The second-order valence-electron chi connectivity index (χ2n) is 4.31. The van der Waals surface area contributed by atoms with Gasteiger partial charge in [0.15, 0.2) is 0 Å². The standard InChI is InChI=1S/C11H16FN3O3S/c1-7(2)10(11(16)14-13)15-19(17,18)9-5-3-8(12)4-6-9/h3-7,10,15H,13H2,1-2H3,(H,14,16). The van der Waals surface area contributed by atoms with Crippen LogP contribution in [-0.4, -0.2) is 20.4 Å². The maximum Gasteiger partial charge on any atom is 0.252 e. The zero-order chi connectivity index (χ0) is 14.6. The topological polar surface area (TPSA) is 101 Å². The first-order chi connectivity index (χ1) is 8.77. The van der Waals surface area contributed by atoms with Crippen molar-refractivity contribution in [2.75, 3.05) is 0 Å². The Labute approximate surface area is 111 Å². The summed E-state index contributed by atoms with van der Waals surface area (Å²) in [5.41, 5.74) is 1.90. The van der Waals surface area contributed by atoms with Gasteiger partial charge < -0.3 is 0 Å². The fourth-order valence-corrected chi connectivity index (χ4v) is 2.78. The van der Waals surface area contributed by atoms with E-state index in [4.69, 9.17) is 5.84 Å². The molecular weight excluding hydrogens is 273 g/mol. The van der Waals surface area contributed by atoms with Gasteiger partial charge in [0.25, 0.3) is 5.91 Å². The first-order valence-electron chi connectivity index (χ1n) is 5.56. The molecule has 0 saturated heterocycles. The van der Waals surface area contributed by atoms with Gasteiger partial charge in [-0.25, -0.2) is 18.7 Å². The van der Waals surface area contributed by atoms with Crippen LogP contribution in [0.1, 0.15) is 13.8 Å². The highest BCUT2D eigenvalue weighted by atomic mass is 32.2. The Bertz CT molecular complexity index is 543. The fraction of sp³-hybridized carbons (Fsp3) is 0.364. The Morgan fingerprint density at radius 1 is 1.26 bits per heavy atom. The zero-order valence-corrected chi connectivity index (χ0v) is 11.4. The smallest absolute Gasteiger partial charge is 0.252 e. The molecule has 106 valence electrons. The molecule has 0 aliphatic heterocycles. The number of nitrogens with two attached hydrogens (primary N) is 1. The molecule has 1 amide bonds. The molecule has 1 aromatic rings. The molecular formula is C11H16FN3O3S. The molecule has 8 heteroatoms. The highest BCUT2D eigenvalue weighted by molar-refractivity contribution is 7.89. The minimum absolute atomic E-state index is 0.121. The van der Waals surface area contributed by atoms with E-state index in [0.29, 0.717) is 0 Å². The molecule has 1 atom stereocenters. The number of hydrogen-bond donors (Lipinski definition) is 3. The third-order valence-corrected chi connectivity index (χ3v) is 3.95. The van der Waals surface area contributed by atoms with Crippen molar-refractivity contribution in [1.29, 1.82) is 0 Å². The molecule has 1 aromatic carbocycles. The fourth-order valence-electron chi connectivity index (χ4n) is 1.43. The number of carbonyl (C=O) groups is 1. The largest absolute Gasteiger partial charge is 0.293 e. The molecule has 0 heterocycles. The van der Waals surface area contributed by atoms with Gasteiger partial charge in [0.2, 0.25) is 10.0 Å². The van der Waals surface area contributed by atoms with Crippen molar-refractivity contribution >= 4 is 15.9 Å². The van der Waals surface area contributed by atoms with Crippen LogP contribution in [0.15, 0.2) is 29.2 Å². The van der Waals surface area contributed by atoms with Gasteiger partial charge >= 0.3 is 0 Å². The lowest BCUT2D eigenvalue weighted by Gasteiger charge is -2.20. The second kappa shape index (κ2) is 6.09. The number of carbonyl (C=O) groups excluding carboxylic acids is 1. The summed E-state index contributed by atoms with van der Waals surface area (Å²) in [5, 5.41) is 0. The van der Waals surface area contributed by atoms with E-state index in [2.05, 4.69) is 4.72 Å². The number of hydrazine groups is 1. The van der Waals surface area contributed by atoms with Crippen molar-refractivity contribution in [3.8, 4) is 0 Å². The summed E-state index contributed by atoms with van der Waals surface area (Å²) in [5.74, 6) is 3.53. The number of sulfonamides is 1. The molecule has 0 aliphatic carbocycles. The predicted molar refractivity (Wildman–Crippen MR) is 67.7 cm³/mol. The van der Waals surface area contributed by atoms with E-state index in [-0.39, 0.29) is 10.8 Å². The summed E-state index contributed by atoms with van der Waals surface area (Å²) in [6.45, 7) is 3.35. The van der Waals surface area contributed by atoms with Crippen LogP contribution >= 0.6 is 0 Å². The van der Waals surface area contributed by atoms with E-state index >= 15 is 0 Å². The molecule has 0 saturated carbocycles. The van der Waals surface area contributed by atoms with Crippen LogP contribution in [0.25, 0.3) is 0 Å². The van der Waals surface area contributed by atoms with Crippen LogP contribution in [0, 0.1) is 11.7 Å². The number of rotatable bonds is 5. The summed E-state index contributed by atoms with van der Waals surface area (Å²) >= 11 is 0. The van der Waals surface area contributed by atoms with Crippen LogP contribution in [0.2, 0.25) is 0 Å². The molecule has 0 fully saturated rings. The average molecular weight is 289 g/mol. The molecule has 1 rings (SSSR count). The lowest BCUT2D eigenvalue weighted by Crippen LogP contribution is -2.51. The molecule has 0 aliphatic rings.